The number of carbonyl (C=O) groups excluding carboxylic acids is 1. The van der Waals surface area contributed by atoms with Crippen molar-refractivity contribution in [3.05, 3.63) is 72.3 Å². The van der Waals surface area contributed by atoms with Crippen LogP contribution in [0.3, 0.4) is 0 Å². The Morgan fingerprint density at radius 3 is 2.61 bits per heavy atom. The molecule has 0 bridgehead atoms. The molecule has 1 N–H and O–H groups in total. The summed E-state index contributed by atoms with van der Waals surface area (Å²) in [6, 6.07) is 9.47. The average molecular weight is 413 g/mol. The van der Waals surface area contributed by atoms with Crippen molar-refractivity contribution in [3.63, 3.8) is 0 Å². The minimum absolute atomic E-state index is 0.264. The Labute approximate surface area is 177 Å². The molecule has 4 heterocycles. The highest BCUT2D eigenvalue weighted by molar-refractivity contribution is 6.04. The lowest BCUT2D eigenvalue weighted by molar-refractivity contribution is 0.102. The molecule has 0 saturated carbocycles. The van der Waals surface area contributed by atoms with Gasteiger partial charge >= 0.3 is 0 Å². The topological polar surface area (TPSA) is 103 Å². The molecular formula is C22H19N7O2. The van der Waals surface area contributed by atoms with Crippen molar-refractivity contribution < 1.29 is 9.32 Å². The lowest BCUT2D eigenvalue weighted by atomic mass is 10.1. The van der Waals surface area contributed by atoms with Crippen molar-refractivity contribution in [1.82, 2.24) is 29.3 Å². The number of benzene rings is 1. The summed E-state index contributed by atoms with van der Waals surface area (Å²) in [7, 11) is 1.87. The number of pyridine rings is 1. The standard InChI is InChI=1S/C22H19N7O2/c1-13-4-5-15(21-25-14(2)31-27-21)8-18(13)26-22(30)19-10-23-20-7-6-16(12-29(19)20)17-9-24-28(3)11-17/h4-12H,1-3H3,(H,26,30). The Morgan fingerprint density at radius 1 is 1.03 bits per heavy atom. The minimum Gasteiger partial charge on any atom is -0.339 e. The molecule has 154 valence electrons. The molecule has 1 amide bonds. The van der Waals surface area contributed by atoms with E-state index in [1.165, 1.54) is 0 Å². The van der Waals surface area contributed by atoms with Gasteiger partial charge in [0.25, 0.3) is 5.91 Å². The number of rotatable bonds is 4. The zero-order valence-corrected chi connectivity index (χ0v) is 17.2. The van der Waals surface area contributed by atoms with Gasteiger partial charge in [0, 0.05) is 48.7 Å². The molecule has 0 aliphatic carbocycles. The number of anilines is 1. The fraction of sp³-hybridized carbons (Fsp3) is 0.136. The predicted molar refractivity (Wildman–Crippen MR) is 115 cm³/mol. The Balaban J connectivity index is 1.48. The molecule has 0 atom stereocenters. The van der Waals surface area contributed by atoms with Crippen molar-refractivity contribution in [1.29, 1.82) is 0 Å². The number of aryl methyl sites for hydroxylation is 3. The van der Waals surface area contributed by atoms with E-state index in [9.17, 15) is 4.79 Å². The maximum absolute atomic E-state index is 13.1. The molecular weight excluding hydrogens is 394 g/mol. The van der Waals surface area contributed by atoms with Crippen molar-refractivity contribution in [2.75, 3.05) is 5.32 Å². The molecule has 9 nitrogen and oxygen atoms in total. The van der Waals surface area contributed by atoms with Gasteiger partial charge in [0.1, 0.15) is 11.3 Å². The van der Waals surface area contributed by atoms with Crippen LogP contribution in [0.25, 0.3) is 28.2 Å². The largest absolute Gasteiger partial charge is 0.339 e. The zero-order chi connectivity index (χ0) is 21.5. The number of aromatic nitrogens is 6. The Bertz CT molecular complexity index is 1430. The molecule has 5 aromatic rings. The summed E-state index contributed by atoms with van der Waals surface area (Å²) in [4.78, 5) is 21.7. The summed E-state index contributed by atoms with van der Waals surface area (Å²) in [6.07, 6.45) is 7.16. The second-order valence-corrected chi connectivity index (χ2v) is 7.31. The molecule has 5 rings (SSSR count). The van der Waals surface area contributed by atoms with Gasteiger partial charge in [0.2, 0.25) is 11.7 Å². The van der Waals surface area contributed by atoms with Gasteiger partial charge in [-0.2, -0.15) is 10.1 Å². The van der Waals surface area contributed by atoms with E-state index in [1.54, 1.807) is 28.4 Å². The highest BCUT2D eigenvalue weighted by Gasteiger charge is 2.16. The number of imidazole rings is 1. The SMILES string of the molecule is Cc1nc(-c2ccc(C)c(NC(=O)c3cnc4ccc(-c5cnn(C)c5)cn34)c2)no1. The van der Waals surface area contributed by atoms with Crippen LogP contribution in [0.15, 0.2) is 59.6 Å². The molecule has 0 radical (unpaired) electrons. The maximum Gasteiger partial charge on any atom is 0.274 e. The zero-order valence-electron chi connectivity index (χ0n) is 17.2. The molecule has 4 aromatic heterocycles. The summed E-state index contributed by atoms with van der Waals surface area (Å²) in [5.41, 5.74) is 5.37. The number of hydrogen-bond donors (Lipinski definition) is 1. The van der Waals surface area contributed by atoms with Gasteiger partial charge in [-0.1, -0.05) is 17.3 Å². The van der Waals surface area contributed by atoms with Gasteiger partial charge < -0.3 is 9.84 Å². The van der Waals surface area contributed by atoms with Crippen LogP contribution in [0.5, 0.6) is 0 Å². The Hall–Kier alpha value is -4.27. The average Bonchev–Trinajstić information content (AvgIpc) is 3.48. The van der Waals surface area contributed by atoms with E-state index in [2.05, 4.69) is 25.5 Å². The summed E-state index contributed by atoms with van der Waals surface area (Å²) in [5.74, 6) is 0.695. The van der Waals surface area contributed by atoms with E-state index in [0.717, 1.165) is 22.3 Å². The number of fused-ring (bicyclic) bond motifs is 1. The molecule has 9 heteroatoms. The van der Waals surface area contributed by atoms with Crippen LogP contribution >= 0.6 is 0 Å². The van der Waals surface area contributed by atoms with E-state index in [0.29, 0.717) is 28.7 Å². The molecule has 31 heavy (non-hydrogen) atoms. The van der Waals surface area contributed by atoms with Crippen molar-refractivity contribution in [3.8, 4) is 22.5 Å². The number of hydrogen-bond acceptors (Lipinski definition) is 6. The fourth-order valence-electron chi connectivity index (χ4n) is 3.39. The summed E-state index contributed by atoms with van der Waals surface area (Å²) >= 11 is 0. The first-order valence-electron chi connectivity index (χ1n) is 9.67. The second kappa shape index (κ2) is 7.21. The van der Waals surface area contributed by atoms with Crippen molar-refractivity contribution in [2.24, 2.45) is 7.05 Å². The lowest BCUT2D eigenvalue weighted by Gasteiger charge is -2.10. The molecule has 0 spiro atoms. The molecule has 0 aliphatic heterocycles. The Kier molecular flexibility index (Phi) is 4.36. The van der Waals surface area contributed by atoms with Gasteiger partial charge in [0.05, 0.1) is 12.4 Å². The van der Waals surface area contributed by atoms with Crippen LogP contribution in [0.1, 0.15) is 21.9 Å². The summed E-state index contributed by atoms with van der Waals surface area (Å²) in [5, 5.41) is 11.1. The quantitative estimate of drug-likeness (QED) is 0.482. The first-order chi connectivity index (χ1) is 15.0. The normalized spacial score (nSPS) is 11.2. The molecule has 0 fully saturated rings. The van der Waals surface area contributed by atoms with E-state index < -0.39 is 0 Å². The first kappa shape index (κ1) is 18.7. The second-order valence-electron chi connectivity index (χ2n) is 7.31. The smallest absolute Gasteiger partial charge is 0.274 e. The lowest BCUT2D eigenvalue weighted by Crippen LogP contribution is -2.15. The number of nitrogens with zero attached hydrogens (tertiary/aromatic N) is 6. The number of amides is 1. The Morgan fingerprint density at radius 2 is 1.87 bits per heavy atom. The molecule has 0 unspecified atom stereocenters. The highest BCUT2D eigenvalue weighted by Crippen LogP contribution is 2.25. The van der Waals surface area contributed by atoms with E-state index in [1.807, 2.05) is 56.7 Å². The molecule has 0 saturated heterocycles. The van der Waals surface area contributed by atoms with E-state index >= 15 is 0 Å². The van der Waals surface area contributed by atoms with Crippen LogP contribution < -0.4 is 5.32 Å². The van der Waals surface area contributed by atoms with E-state index in [4.69, 9.17) is 4.52 Å². The van der Waals surface area contributed by atoms with Crippen LogP contribution in [0.2, 0.25) is 0 Å². The third-order valence-corrected chi connectivity index (χ3v) is 5.05. The monoisotopic (exact) mass is 413 g/mol. The number of carbonyl (C=O) groups is 1. The van der Waals surface area contributed by atoms with Gasteiger partial charge in [-0.15, -0.1) is 0 Å². The van der Waals surface area contributed by atoms with Crippen LogP contribution in [-0.2, 0) is 7.05 Å². The van der Waals surface area contributed by atoms with Crippen LogP contribution in [0, 0.1) is 13.8 Å². The maximum atomic E-state index is 13.1. The van der Waals surface area contributed by atoms with Gasteiger partial charge in [-0.25, -0.2) is 4.98 Å². The summed E-state index contributed by atoms with van der Waals surface area (Å²) in [6.45, 7) is 3.66. The van der Waals surface area contributed by atoms with Crippen LogP contribution in [-0.4, -0.2) is 35.2 Å². The number of nitrogens with one attached hydrogen (secondary N) is 1. The van der Waals surface area contributed by atoms with Gasteiger partial charge in [-0.3, -0.25) is 13.9 Å². The van der Waals surface area contributed by atoms with E-state index in [-0.39, 0.29) is 5.91 Å². The van der Waals surface area contributed by atoms with Crippen LogP contribution in [0.4, 0.5) is 5.69 Å². The third kappa shape index (κ3) is 3.46. The van der Waals surface area contributed by atoms with Gasteiger partial charge in [0.15, 0.2) is 0 Å². The third-order valence-electron chi connectivity index (χ3n) is 5.05. The predicted octanol–water partition coefficient (Wildman–Crippen LogP) is 3.65. The minimum atomic E-state index is -0.264. The fourth-order valence-corrected chi connectivity index (χ4v) is 3.39. The van der Waals surface area contributed by atoms with Crippen molar-refractivity contribution >= 4 is 17.2 Å². The summed E-state index contributed by atoms with van der Waals surface area (Å²) < 4.78 is 8.58. The first-order valence-corrected chi connectivity index (χ1v) is 9.67. The van der Waals surface area contributed by atoms with Gasteiger partial charge in [-0.05, 0) is 30.7 Å². The highest BCUT2D eigenvalue weighted by atomic mass is 16.5. The molecule has 1 aromatic carbocycles. The molecule has 0 aliphatic rings. The van der Waals surface area contributed by atoms with Crippen molar-refractivity contribution in [2.45, 2.75) is 13.8 Å².